The average Bonchev–Trinajstić information content (AvgIpc) is 3.29. The average molecular weight is 388 g/mol. The molecule has 7 nitrogen and oxygen atoms in total. The van der Waals surface area contributed by atoms with Crippen molar-refractivity contribution in [2.24, 2.45) is 11.8 Å². The van der Waals surface area contributed by atoms with Crippen LogP contribution >= 0.6 is 11.8 Å². The Hall–Kier alpha value is -2.06. The summed E-state index contributed by atoms with van der Waals surface area (Å²) in [6, 6.07) is 3.57. The SMILES string of the molecule is CSCc1ccc(C(=O)N2C[C@H]3C[C@@H](Nc4cnccn4)[C@H](O)C[C@H]3C2)o1. The van der Waals surface area contributed by atoms with Crippen LogP contribution in [0.2, 0.25) is 0 Å². The summed E-state index contributed by atoms with van der Waals surface area (Å²) in [7, 11) is 0. The molecule has 1 saturated heterocycles. The molecule has 2 aromatic heterocycles. The van der Waals surface area contributed by atoms with Crippen LogP contribution in [-0.2, 0) is 5.75 Å². The summed E-state index contributed by atoms with van der Waals surface area (Å²) < 4.78 is 5.68. The zero-order valence-corrected chi connectivity index (χ0v) is 16.1. The molecule has 8 heteroatoms. The molecule has 4 atom stereocenters. The van der Waals surface area contributed by atoms with Gasteiger partial charge in [0.15, 0.2) is 5.76 Å². The Bertz CT molecular complexity index is 784. The third-order valence-electron chi connectivity index (χ3n) is 5.48. The van der Waals surface area contributed by atoms with Gasteiger partial charge in [-0.2, -0.15) is 11.8 Å². The van der Waals surface area contributed by atoms with E-state index in [-0.39, 0.29) is 11.9 Å². The van der Waals surface area contributed by atoms with E-state index in [0.29, 0.717) is 42.9 Å². The largest absolute Gasteiger partial charge is 0.455 e. The van der Waals surface area contributed by atoms with Crippen LogP contribution in [0.5, 0.6) is 0 Å². The van der Waals surface area contributed by atoms with Gasteiger partial charge in [-0.05, 0) is 43.1 Å². The minimum absolute atomic E-state index is 0.0512. The molecule has 0 radical (unpaired) electrons. The molecule has 4 rings (SSSR count). The lowest BCUT2D eigenvalue weighted by atomic mass is 9.77. The summed E-state index contributed by atoms with van der Waals surface area (Å²) in [6.45, 7) is 1.38. The minimum Gasteiger partial charge on any atom is -0.455 e. The molecule has 27 heavy (non-hydrogen) atoms. The molecule has 144 valence electrons. The molecule has 0 bridgehead atoms. The van der Waals surface area contributed by atoms with E-state index in [1.807, 2.05) is 17.2 Å². The molecule has 2 aromatic rings. The van der Waals surface area contributed by atoms with Gasteiger partial charge in [0.25, 0.3) is 5.91 Å². The number of furan rings is 1. The lowest BCUT2D eigenvalue weighted by molar-refractivity contribution is 0.0719. The number of rotatable bonds is 5. The van der Waals surface area contributed by atoms with Crippen molar-refractivity contribution >= 4 is 23.5 Å². The van der Waals surface area contributed by atoms with E-state index < -0.39 is 6.10 Å². The zero-order valence-electron chi connectivity index (χ0n) is 15.2. The number of hydrogen-bond acceptors (Lipinski definition) is 7. The van der Waals surface area contributed by atoms with E-state index in [2.05, 4.69) is 15.3 Å². The van der Waals surface area contributed by atoms with Crippen LogP contribution in [0.15, 0.2) is 35.1 Å². The number of thioether (sulfide) groups is 1. The maximum absolute atomic E-state index is 12.8. The van der Waals surface area contributed by atoms with Crippen LogP contribution in [0.3, 0.4) is 0 Å². The van der Waals surface area contributed by atoms with Crippen LogP contribution in [0.1, 0.15) is 29.2 Å². The van der Waals surface area contributed by atoms with Crippen molar-refractivity contribution in [3.63, 3.8) is 0 Å². The van der Waals surface area contributed by atoms with Gasteiger partial charge in [0.1, 0.15) is 11.6 Å². The molecule has 1 saturated carbocycles. The minimum atomic E-state index is -0.458. The van der Waals surface area contributed by atoms with Crippen LogP contribution in [-0.4, -0.2) is 57.4 Å². The van der Waals surface area contributed by atoms with Gasteiger partial charge in [0, 0.05) is 25.5 Å². The Labute approximate surface area is 162 Å². The van der Waals surface area contributed by atoms with Crippen LogP contribution in [0.4, 0.5) is 5.82 Å². The third-order valence-corrected chi connectivity index (χ3v) is 6.06. The molecule has 0 unspecified atom stereocenters. The van der Waals surface area contributed by atoms with Gasteiger partial charge in [0.2, 0.25) is 0 Å². The van der Waals surface area contributed by atoms with Crippen molar-refractivity contribution in [2.45, 2.75) is 30.7 Å². The number of likely N-dealkylation sites (tertiary alicyclic amines) is 1. The molecule has 2 aliphatic rings. The highest BCUT2D eigenvalue weighted by Gasteiger charge is 2.43. The molecular formula is C19H24N4O3S. The summed E-state index contributed by atoms with van der Waals surface area (Å²) in [6.07, 6.45) is 7.95. The number of anilines is 1. The third kappa shape index (κ3) is 3.96. The number of aromatic nitrogens is 2. The van der Waals surface area contributed by atoms with Gasteiger partial charge in [0.05, 0.1) is 24.1 Å². The maximum atomic E-state index is 12.8. The predicted molar refractivity (Wildman–Crippen MR) is 103 cm³/mol. The lowest BCUT2D eigenvalue weighted by Gasteiger charge is -2.35. The molecule has 2 fully saturated rings. The van der Waals surface area contributed by atoms with Crippen molar-refractivity contribution < 1.29 is 14.3 Å². The Balaban J connectivity index is 1.39. The number of fused-ring (bicyclic) bond motifs is 1. The molecular weight excluding hydrogens is 364 g/mol. The number of amides is 1. The maximum Gasteiger partial charge on any atom is 0.289 e. The molecule has 1 amide bonds. The summed E-state index contributed by atoms with van der Waals surface area (Å²) in [5.74, 6) is 3.31. The van der Waals surface area contributed by atoms with E-state index in [1.54, 1.807) is 36.4 Å². The quantitative estimate of drug-likeness (QED) is 0.812. The highest BCUT2D eigenvalue weighted by molar-refractivity contribution is 7.97. The summed E-state index contributed by atoms with van der Waals surface area (Å²) >= 11 is 1.67. The van der Waals surface area contributed by atoms with Gasteiger partial charge in [-0.3, -0.25) is 9.78 Å². The fourth-order valence-corrected chi connectivity index (χ4v) is 4.62. The Morgan fingerprint density at radius 3 is 2.89 bits per heavy atom. The second-order valence-corrected chi connectivity index (χ2v) is 8.18. The second-order valence-electron chi connectivity index (χ2n) is 7.31. The normalized spacial score (nSPS) is 27.4. The van der Waals surface area contributed by atoms with Crippen LogP contribution < -0.4 is 5.32 Å². The molecule has 0 aromatic carbocycles. The van der Waals surface area contributed by atoms with E-state index in [1.165, 1.54) is 0 Å². The molecule has 0 spiro atoms. The van der Waals surface area contributed by atoms with Gasteiger partial charge < -0.3 is 19.7 Å². The smallest absolute Gasteiger partial charge is 0.289 e. The first-order valence-corrected chi connectivity index (χ1v) is 10.6. The summed E-state index contributed by atoms with van der Waals surface area (Å²) in [5, 5.41) is 13.8. The van der Waals surface area contributed by atoms with Crippen molar-refractivity contribution in [1.82, 2.24) is 14.9 Å². The Morgan fingerprint density at radius 1 is 1.33 bits per heavy atom. The number of nitrogens with one attached hydrogen (secondary N) is 1. The van der Waals surface area contributed by atoms with Crippen LogP contribution in [0.25, 0.3) is 0 Å². The molecule has 2 N–H and O–H groups in total. The van der Waals surface area contributed by atoms with Crippen molar-refractivity contribution in [1.29, 1.82) is 0 Å². The fourth-order valence-electron chi connectivity index (χ4n) is 4.18. The first kappa shape index (κ1) is 18.3. The van der Waals surface area contributed by atoms with E-state index in [4.69, 9.17) is 4.42 Å². The highest BCUT2D eigenvalue weighted by atomic mass is 32.2. The Morgan fingerprint density at radius 2 is 2.15 bits per heavy atom. The number of aliphatic hydroxyl groups is 1. The van der Waals surface area contributed by atoms with E-state index >= 15 is 0 Å². The van der Waals surface area contributed by atoms with Gasteiger partial charge in [-0.1, -0.05) is 0 Å². The number of carbonyl (C=O) groups is 1. The number of aliphatic hydroxyl groups excluding tert-OH is 1. The lowest BCUT2D eigenvalue weighted by Crippen LogP contribution is -2.43. The van der Waals surface area contributed by atoms with Crippen molar-refractivity contribution in [3.05, 3.63) is 42.2 Å². The second kappa shape index (κ2) is 7.90. The Kier molecular flexibility index (Phi) is 5.36. The van der Waals surface area contributed by atoms with E-state index in [0.717, 1.165) is 17.9 Å². The monoisotopic (exact) mass is 388 g/mol. The van der Waals surface area contributed by atoms with Gasteiger partial charge in [-0.25, -0.2) is 4.98 Å². The predicted octanol–water partition coefficient (Wildman–Crippen LogP) is 2.26. The van der Waals surface area contributed by atoms with Gasteiger partial charge in [-0.15, -0.1) is 0 Å². The number of carbonyl (C=O) groups excluding carboxylic acids is 1. The summed E-state index contributed by atoms with van der Waals surface area (Å²) in [5.41, 5.74) is 0. The summed E-state index contributed by atoms with van der Waals surface area (Å²) in [4.78, 5) is 22.9. The van der Waals surface area contributed by atoms with Gasteiger partial charge >= 0.3 is 0 Å². The first-order valence-electron chi connectivity index (χ1n) is 9.21. The highest BCUT2D eigenvalue weighted by Crippen LogP contribution is 2.38. The molecule has 1 aliphatic carbocycles. The topological polar surface area (TPSA) is 91.5 Å². The molecule has 1 aliphatic heterocycles. The zero-order chi connectivity index (χ0) is 18.8. The first-order chi connectivity index (χ1) is 13.1. The fraction of sp³-hybridized carbons (Fsp3) is 0.526. The van der Waals surface area contributed by atoms with Crippen molar-refractivity contribution in [2.75, 3.05) is 24.7 Å². The van der Waals surface area contributed by atoms with Crippen molar-refractivity contribution in [3.8, 4) is 0 Å². The number of nitrogens with zero attached hydrogens (tertiary/aromatic N) is 3. The van der Waals surface area contributed by atoms with E-state index in [9.17, 15) is 9.90 Å². The standard InChI is InChI=1S/C19H24N4O3S/c1-27-11-14-2-3-17(26-14)19(25)23-9-12-6-15(16(24)7-13(12)10-23)22-18-8-20-4-5-21-18/h2-5,8,12-13,15-16,24H,6-7,9-11H2,1H3,(H,21,22)/t12-,13+,15-,16-/m1/s1. The number of hydrogen-bond donors (Lipinski definition) is 2. The van der Waals surface area contributed by atoms with Crippen LogP contribution in [0, 0.1) is 11.8 Å². The molecule has 3 heterocycles.